The number of nitrogens with zero attached hydrogens (tertiary/aromatic N) is 2. The Kier molecular flexibility index (Phi) is 7.54. The van der Waals surface area contributed by atoms with Crippen LogP contribution in [0.2, 0.25) is 0 Å². The van der Waals surface area contributed by atoms with Gasteiger partial charge in [-0.15, -0.1) is 35.3 Å². The average molecular weight is 526 g/mol. The zero-order chi connectivity index (χ0) is 19.5. The van der Waals surface area contributed by atoms with E-state index in [1.807, 2.05) is 18.2 Å². The highest BCUT2D eigenvalue weighted by molar-refractivity contribution is 14.0. The number of hydrogen-bond acceptors (Lipinski definition) is 4. The number of benzene rings is 1. The zero-order valence-corrected chi connectivity index (χ0v) is 18.6. The number of guanidine groups is 1. The molecule has 0 aliphatic heterocycles. The molecule has 0 bridgehead atoms. The summed E-state index contributed by atoms with van der Waals surface area (Å²) in [7, 11) is 3.28. The van der Waals surface area contributed by atoms with Crippen molar-refractivity contribution in [3.05, 3.63) is 45.9 Å². The van der Waals surface area contributed by atoms with E-state index in [1.54, 1.807) is 14.2 Å². The summed E-state index contributed by atoms with van der Waals surface area (Å²) in [4.78, 5) is 7.75. The third kappa shape index (κ3) is 5.28. The van der Waals surface area contributed by atoms with Crippen molar-refractivity contribution in [3.63, 3.8) is 0 Å². The third-order valence-corrected chi connectivity index (χ3v) is 5.45. The Labute approximate surface area is 182 Å². The van der Waals surface area contributed by atoms with Crippen molar-refractivity contribution < 1.29 is 17.9 Å². The largest absolute Gasteiger partial charge is 0.496 e. The maximum atomic E-state index is 12.6. The van der Waals surface area contributed by atoms with Crippen LogP contribution in [0.15, 0.2) is 34.6 Å². The van der Waals surface area contributed by atoms with Gasteiger partial charge in [-0.05, 0) is 18.9 Å². The molecule has 1 fully saturated rings. The van der Waals surface area contributed by atoms with E-state index in [0.717, 1.165) is 40.9 Å². The van der Waals surface area contributed by atoms with Crippen molar-refractivity contribution in [2.24, 2.45) is 4.99 Å². The van der Waals surface area contributed by atoms with E-state index < -0.39 is 11.9 Å². The van der Waals surface area contributed by atoms with Gasteiger partial charge in [-0.25, -0.2) is 4.98 Å². The highest BCUT2D eigenvalue weighted by Crippen LogP contribution is 2.50. The Bertz CT molecular complexity index is 821. The van der Waals surface area contributed by atoms with Crippen LogP contribution in [0, 0.1) is 0 Å². The van der Waals surface area contributed by atoms with Gasteiger partial charge in [0.05, 0.1) is 13.7 Å². The molecule has 154 valence electrons. The fourth-order valence-corrected chi connectivity index (χ4v) is 3.67. The first kappa shape index (κ1) is 22.7. The molecule has 1 heterocycles. The molecule has 28 heavy (non-hydrogen) atoms. The van der Waals surface area contributed by atoms with Crippen LogP contribution in [0.5, 0.6) is 5.75 Å². The number of para-hydroxylation sites is 1. The first-order valence-electron chi connectivity index (χ1n) is 8.47. The van der Waals surface area contributed by atoms with Gasteiger partial charge in [-0.2, -0.15) is 13.2 Å². The Hall–Kier alpha value is -1.56. The van der Waals surface area contributed by atoms with Gasteiger partial charge in [-0.3, -0.25) is 4.99 Å². The Morgan fingerprint density at radius 2 is 2.00 bits per heavy atom. The molecule has 1 saturated carbocycles. The van der Waals surface area contributed by atoms with E-state index >= 15 is 0 Å². The number of nitrogens with one attached hydrogen (secondary N) is 2. The standard InChI is InChI=1S/C18H21F3N4OS.HI/c1-22-16(23-9-15-25-14(10-27-15)18(19,20)21)24-11-17(7-8-17)12-5-3-4-6-13(12)26-2;/h3-6,10H,7-9,11H2,1-2H3,(H2,22,23,24);1H. The second kappa shape index (κ2) is 9.29. The molecule has 3 rings (SSSR count). The molecule has 0 atom stereocenters. The maximum Gasteiger partial charge on any atom is 0.434 e. The van der Waals surface area contributed by atoms with Crippen molar-refractivity contribution in [1.29, 1.82) is 0 Å². The van der Waals surface area contributed by atoms with Crippen LogP contribution in [0.1, 0.15) is 29.1 Å². The first-order valence-corrected chi connectivity index (χ1v) is 9.35. The monoisotopic (exact) mass is 526 g/mol. The number of ether oxygens (including phenoxy) is 1. The second-order valence-electron chi connectivity index (χ2n) is 6.38. The summed E-state index contributed by atoms with van der Waals surface area (Å²) in [5.41, 5.74) is 0.292. The van der Waals surface area contributed by atoms with Crippen LogP contribution in [-0.2, 0) is 18.1 Å². The maximum absolute atomic E-state index is 12.6. The molecule has 2 aromatic rings. The van der Waals surface area contributed by atoms with Gasteiger partial charge in [0.1, 0.15) is 10.8 Å². The molecule has 0 amide bonds. The van der Waals surface area contributed by atoms with E-state index in [-0.39, 0.29) is 35.9 Å². The number of alkyl halides is 3. The summed E-state index contributed by atoms with van der Waals surface area (Å²) in [5.74, 6) is 1.39. The normalized spacial score (nSPS) is 15.5. The van der Waals surface area contributed by atoms with Gasteiger partial charge in [0.2, 0.25) is 0 Å². The number of aliphatic imine (C=N–C) groups is 1. The highest BCUT2D eigenvalue weighted by atomic mass is 127. The lowest BCUT2D eigenvalue weighted by atomic mass is 9.95. The van der Waals surface area contributed by atoms with Gasteiger partial charge in [0, 0.05) is 30.0 Å². The van der Waals surface area contributed by atoms with E-state index in [9.17, 15) is 13.2 Å². The molecular weight excluding hydrogens is 504 g/mol. The van der Waals surface area contributed by atoms with E-state index in [2.05, 4.69) is 26.7 Å². The van der Waals surface area contributed by atoms with Crippen LogP contribution in [-0.4, -0.2) is 31.6 Å². The van der Waals surface area contributed by atoms with Gasteiger partial charge in [-0.1, -0.05) is 18.2 Å². The van der Waals surface area contributed by atoms with Gasteiger partial charge in [0.25, 0.3) is 0 Å². The third-order valence-electron chi connectivity index (χ3n) is 4.60. The van der Waals surface area contributed by atoms with E-state index in [1.165, 1.54) is 0 Å². The minimum Gasteiger partial charge on any atom is -0.496 e. The topological polar surface area (TPSA) is 58.5 Å². The predicted molar refractivity (Wildman–Crippen MR) is 115 cm³/mol. The van der Waals surface area contributed by atoms with Crippen LogP contribution in [0.25, 0.3) is 0 Å². The summed E-state index contributed by atoms with van der Waals surface area (Å²) >= 11 is 0.974. The lowest BCUT2D eigenvalue weighted by Crippen LogP contribution is -2.41. The molecule has 0 radical (unpaired) electrons. The SMILES string of the molecule is CN=C(NCc1nc(C(F)(F)F)cs1)NCC1(c2ccccc2OC)CC1.I. The number of thiazole rings is 1. The van der Waals surface area contributed by atoms with Crippen LogP contribution < -0.4 is 15.4 Å². The Morgan fingerprint density at radius 3 is 2.57 bits per heavy atom. The number of aromatic nitrogens is 1. The van der Waals surface area contributed by atoms with Crippen molar-refractivity contribution >= 4 is 41.3 Å². The van der Waals surface area contributed by atoms with Crippen LogP contribution in [0.4, 0.5) is 13.2 Å². The van der Waals surface area contributed by atoms with Crippen molar-refractivity contribution in [1.82, 2.24) is 15.6 Å². The fraction of sp³-hybridized carbons (Fsp3) is 0.444. The van der Waals surface area contributed by atoms with E-state index in [0.29, 0.717) is 17.5 Å². The van der Waals surface area contributed by atoms with Crippen LogP contribution >= 0.6 is 35.3 Å². The second-order valence-corrected chi connectivity index (χ2v) is 7.33. The molecule has 1 aromatic heterocycles. The van der Waals surface area contributed by atoms with Crippen molar-refractivity contribution in [3.8, 4) is 5.75 Å². The lowest BCUT2D eigenvalue weighted by molar-refractivity contribution is -0.140. The summed E-state index contributed by atoms with van der Waals surface area (Å²) < 4.78 is 43.3. The summed E-state index contributed by atoms with van der Waals surface area (Å²) in [5, 5.41) is 7.67. The zero-order valence-electron chi connectivity index (χ0n) is 15.5. The summed E-state index contributed by atoms with van der Waals surface area (Å²) in [6, 6.07) is 7.95. The molecule has 0 spiro atoms. The quantitative estimate of drug-likeness (QED) is 0.337. The molecule has 1 aromatic carbocycles. The number of halogens is 4. The number of hydrogen-bond donors (Lipinski definition) is 2. The van der Waals surface area contributed by atoms with E-state index in [4.69, 9.17) is 4.74 Å². The first-order chi connectivity index (χ1) is 12.9. The number of methoxy groups -OCH3 is 1. The van der Waals surface area contributed by atoms with Gasteiger partial charge >= 0.3 is 6.18 Å². The van der Waals surface area contributed by atoms with Crippen molar-refractivity contribution in [2.45, 2.75) is 31.0 Å². The van der Waals surface area contributed by atoms with Crippen LogP contribution in [0.3, 0.4) is 0 Å². The molecule has 10 heteroatoms. The van der Waals surface area contributed by atoms with Crippen molar-refractivity contribution in [2.75, 3.05) is 20.7 Å². The molecule has 5 nitrogen and oxygen atoms in total. The molecule has 0 saturated heterocycles. The predicted octanol–water partition coefficient (Wildman–Crippen LogP) is 4.19. The Balaban J connectivity index is 0.00000280. The molecule has 2 N–H and O–H groups in total. The lowest BCUT2D eigenvalue weighted by Gasteiger charge is -2.21. The fourth-order valence-electron chi connectivity index (χ4n) is 2.93. The number of rotatable bonds is 6. The molecular formula is C18H22F3IN4OS. The Morgan fingerprint density at radius 1 is 1.29 bits per heavy atom. The minimum atomic E-state index is -4.41. The van der Waals surface area contributed by atoms with Gasteiger partial charge in [0.15, 0.2) is 11.7 Å². The average Bonchev–Trinajstić information content (AvgIpc) is 3.28. The molecule has 0 unspecified atom stereocenters. The summed E-state index contributed by atoms with van der Waals surface area (Å²) in [6.45, 7) is 0.848. The molecule has 1 aliphatic rings. The highest BCUT2D eigenvalue weighted by Gasteiger charge is 2.46. The van der Waals surface area contributed by atoms with Gasteiger partial charge < -0.3 is 15.4 Å². The smallest absolute Gasteiger partial charge is 0.434 e. The summed E-state index contributed by atoms with van der Waals surface area (Å²) in [6.07, 6.45) is -2.33. The molecule has 1 aliphatic carbocycles. The minimum absolute atomic E-state index is 0.